The molecule has 1 aromatic carbocycles. The van der Waals surface area contributed by atoms with Gasteiger partial charge >= 0.3 is 0 Å². The second-order valence-electron chi connectivity index (χ2n) is 4.63. The minimum atomic E-state index is -0.250. The highest BCUT2D eigenvalue weighted by Crippen LogP contribution is 2.38. The Labute approximate surface area is 125 Å². The molecule has 0 saturated heterocycles. The normalized spacial score (nSPS) is 10.2. The molecule has 6 heteroatoms. The predicted octanol–water partition coefficient (Wildman–Crippen LogP) is 1.46. The first-order valence-corrected chi connectivity index (χ1v) is 6.90. The van der Waals surface area contributed by atoms with Crippen LogP contribution in [0, 0.1) is 0 Å². The topological polar surface area (TPSA) is 82.8 Å². The van der Waals surface area contributed by atoms with Gasteiger partial charge in [-0.1, -0.05) is 0 Å². The van der Waals surface area contributed by atoms with Crippen LogP contribution in [0.5, 0.6) is 17.2 Å². The third-order valence-corrected chi connectivity index (χ3v) is 3.08. The lowest BCUT2D eigenvalue weighted by molar-refractivity contribution is -0.118. The van der Waals surface area contributed by atoms with Crippen molar-refractivity contribution in [2.45, 2.75) is 25.8 Å². The molecule has 1 aromatic rings. The van der Waals surface area contributed by atoms with Gasteiger partial charge in [-0.25, -0.2) is 0 Å². The van der Waals surface area contributed by atoms with Crippen molar-refractivity contribution in [2.75, 3.05) is 27.9 Å². The third kappa shape index (κ3) is 5.51. The molecule has 0 bridgehead atoms. The zero-order valence-corrected chi connectivity index (χ0v) is 12.9. The molecular weight excluding hydrogens is 272 g/mol. The Bertz CT molecular complexity index is 438. The Balaban J connectivity index is 2.53. The summed E-state index contributed by atoms with van der Waals surface area (Å²) in [5, 5.41) is 3.31. The molecule has 1 rings (SSSR count). The molecule has 0 atom stereocenters. The van der Waals surface area contributed by atoms with Crippen molar-refractivity contribution in [1.82, 2.24) is 5.32 Å². The summed E-state index contributed by atoms with van der Waals surface area (Å²) in [5.74, 6) is 1.62. The summed E-state index contributed by atoms with van der Waals surface area (Å²) in [4.78, 5) is 10.6. The lowest BCUT2D eigenvalue weighted by atomic mass is 10.1. The van der Waals surface area contributed by atoms with Gasteiger partial charge in [0.15, 0.2) is 11.5 Å². The minimum absolute atomic E-state index is 0.250. The molecule has 0 aliphatic rings. The number of benzene rings is 1. The van der Waals surface area contributed by atoms with Gasteiger partial charge in [0.25, 0.3) is 0 Å². The molecule has 0 aliphatic heterocycles. The highest BCUT2D eigenvalue weighted by atomic mass is 16.5. The monoisotopic (exact) mass is 296 g/mol. The lowest BCUT2D eigenvalue weighted by Gasteiger charge is -2.14. The SMILES string of the molecule is COc1cc(CNCCCCC(N)=O)cc(OC)c1OC. The molecule has 118 valence electrons. The fourth-order valence-electron chi connectivity index (χ4n) is 2.02. The van der Waals surface area contributed by atoms with Crippen molar-refractivity contribution >= 4 is 5.91 Å². The molecule has 0 spiro atoms. The summed E-state index contributed by atoms with van der Waals surface area (Å²) in [6.45, 7) is 1.51. The van der Waals surface area contributed by atoms with Gasteiger partial charge in [0.2, 0.25) is 11.7 Å². The van der Waals surface area contributed by atoms with E-state index in [1.54, 1.807) is 21.3 Å². The molecule has 3 N–H and O–H groups in total. The number of nitrogens with two attached hydrogens (primary N) is 1. The average Bonchev–Trinajstić information content (AvgIpc) is 2.49. The number of nitrogens with one attached hydrogen (secondary N) is 1. The van der Waals surface area contributed by atoms with E-state index in [1.165, 1.54) is 0 Å². The minimum Gasteiger partial charge on any atom is -0.493 e. The Morgan fingerprint density at radius 1 is 1.10 bits per heavy atom. The molecule has 0 radical (unpaired) electrons. The second kappa shape index (κ2) is 9.07. The van der Waals surface area contributed by atoms with Crippen LogP contribution in [0.15, 0.2) is 12.1 Å². The van der Waals surface area contributed by atoms with Gasteiger partial charge in [-0.2, -0.15) is 0 Å². The lowest BCUT2D eigenvalue weighted by Crippen LogP contribution is -2.16. The molecule has 0 unspecified atom stereocenters. The fourth-order valence-corrected chi connectivity index (χ4v) is 2.02. The van der Waals surface area contributed by atoms with Gasteiger partial charge in [-0.05, 0) is 37.1 Å². The first-order chi connectivity index (χ1) is 10.1. The summed E-state index contributed by atoms with van der Waals surface area (Å²) < 4.78 is 15.9. The number of ether oxygens (including phenoxy) is 3. The number of carbonyl (C=O) groups is 1. The van der Waals surface area contributed by atoms with Gasteiger partial charge in [-0.3, -0.25) is 4.79 Å². The van der Waals surface area contributed by atoms with Crippen LogP contribution >= 0.6 is 0 Å². The molecular formula is C15H24N2O4. The van der Waals surface area contributed by atoms with Crippen LogP contribution in [0.3, 0.4) is 0 Å². The van der Waals surface area contributed by atoms with Crippen LogP contribution in [0.25, 0.3) is 0 Å². The number of hydrogen-bond donors (Lipinski definition) is 2. The highest BCUT2D eigenvalue weighted by Gasteiger charge is 2.12. The van der Waals surface area contributed by atoms with E-state index < -0.39 is 0 Å². The van der Waals surface area contributed by atoms with E-state index in [0.717, 1.165) is 24.9 Å². The van der Waals surface area contributed by atoms with E-state index in [1.807, 2.05) is 12.1 Å². The highest BCUT2D eigenvalue weighted by molar-refractivity contribution is 5.73. The van der Waals surface area contributed by atoms with Crippen LogP contribution in [-0.4, -0.2) is 33.8 Å². The summed E-state index contributed by atoms with van der Waals surface area (Å²) >= 11 is 0. The van der Waals surface area contributed by atoms with Crippen molar-refractivity contribution in [1.29, 1.82) is 0 Å². The Morgan fingerprint density at radius 2 is 1.71 bits per heavy atom. The Hall–Kier alpha value is -1.95. The molecule has 0 saturated carbocycles. The van der Waals surface area contributed by atoms with Crippen molar-refractivity contribution < 1.29 is 19.0 Å². The zero-order chi connectivity index (χ0) is 15.7. The van der Waals surface area contributed by atoms with Crippen molar-refractivity contribution in [3.63, 3.8) is 0 Å². The first kappa shape index (κ1) is 17.1. The number of primary amides is 1. The number of unbranched alkanes of at least 4 members (excludes halogenated alkanes) is 1. The molecule has 0 fully saturated rings. The van der Waals surface area contributed by atoms with Crippen molar-refractivity contribution in [3.8, 4) is 17.2 Å². The van der Waals surface area contributed by atoms with Gasteiger partial charge in [0, 0.05) is 13.0 Å². The van der Waals surface area contributed by atoms with Crippen LogP contribution < -0.4 is 25.3 Å². The molecule has 0 aromatic heterocycles. The number of amides is 1. The first-order valence-electron chi connectivity index (χ1n) is 6.90. The maximum absolute atomic E-state index is 10.6. The van der Waals surface area contributed by atoms with Gasteiger partial charge in [0.1, 0.15) is 0 Å². The summed E-state index contributed by atoms with van der Waals surface area (Å²) in [7, 11) is 4.77. The standard InChI is InChI=1S/C15H24N2O4/c1-19-12-8-11(9-13(20-2)15(12)21-3)10-17-7-5-4-6-14(16)18/h8-9,17H,4-7,10H2,1-3H3,(H2,16,18). The van der Waals surface area contributed by atoms with E-state index in [0.29, 0.717) is 30.2 Å². The third-order valence-electron chi connectivity index (χ3n) is 3.08. The smallest absolute Gasteiger partial charge is 0.217 e. The molecule has 1 amide bonds. The number of carbonyl (C=O) groups excluding carboxylic acids is 1. The number of hydrogen-bond acceptors (Lipinski definition) is 5. The van der Waals surface area contributed by atoms with E-state index in [-0.39, 0.29) is 5.91 Å². The van der Waals surface area contributed by atoms with Crippen LogP contribution in [-0.2, 0) is 11.3 Å². The summed E-state index contributed by atoms with van der Waals surface area (Å²) in [6, 6.07) is 3.83. The van der Waals surface area contributed by atoms with Crippen LogP contribution in [0.4, 0.5) is 0 Å². The predicted molar refractivity (Wildman–Crippen MR) is 80.9 cm³/mol. The molecule has 6 nitrogen and oxygen atoms in total. The average molecular weight is 296 g/mol. The van der Waals surface area contributed by atoms with E-state index in [9.17, 15) is 4.79 Å². The van der Waals surface area contributed by atoms with Gasteiger partial charge < -0.3 is 25.3 Å². The maximum atomic E-state index is 10.6. The Morgan fingerprint density at radius 3 is 2.19 bits per heavy atom. The molecule has 21 heavy (non-hydrogen) atoms. The van der Waals surface area contributed by atoms with Crippen molar-refractivity contribution in [2.24, 2.45) is 5.73 Å². The number of methoxy groups -OCH3 is 3. The van der Waals surface area contributed by atoms with Crippen LogP contribution in [0.2, 0.25) is 0 Å². The van der Waals surface area contributed by atoms with E-state index in [2.05, 4.69) is 5.32 Å². The molecule has 0 heterocycles. The second-order valence-corrected chi connectivity index (χ2v) is 4.63. The number of rotatable bonds is 10. The molecule has 0 aliphatic carbocycles. The van der Waals surface area contributed by atoms with Crippen LogP contribution in [0.1, 0.15) is 24.8 Å². The van der Waals surface area contributed by atoms with Crippen molar-refractivity contribution in [3.05, 3.63) is 17.7 Å². The fraction of sp³-hybridized carbons (Fsp3) is 0.533. The zero-order valence-electron chi connectivity index (χ0n) is 12.9. The maximum Gasteiger partial charge on any atom is 0.217 e. The Kier molecular flexibility index (Phi) is 7.39. The summed E-state index contributed by atoms with van der Waals surface area (Å²) in [5.41, 5.74) is 6.13. The quantitative estimate of drug-likeness (QED) is 0.639. The largest absolute Gasteiger partial charge is 0.493 e. The summed E-state index contributed by atoms with van der Waals surface area (Å²) in [6.07, 6.45) is 2.15. The van der Waals surface area contributed by atoms with Gasteiger partial charge in [0.05, 0.1) is 21.3 Å². The van der Waals surface area contributed by atoms with E-state index >= 15 is 0 Å². The van der Waals surface area contributed by atoms with E-state index in [4.69, 9.17) is 19.9 Å². The van der Waals surface area contributed by atoms with Gasteiger partial charge in [-0.15, -0.1) is 0 Å².